The molecule has 0 atom stereocenters. The van der Waals surface area contributed by atoms with Crippen molar-refractivity contribution < 1.29 is 9.53 Å². The number of benzene rings is 3. The van der Waals surface area contributed by atoms with Crippen molar-refractivity contribution in [2.24, 2.45) is 0 Å². The topological polar surface area (TPSA) is 51.2 Å². The van der Waals surface area contributed by atoms with Crippen molar-refractivity contribution in [2.45, 2.75) is 13.3 Å². The van der Waals surface area contributed by atoms with Crippen LogP contribution in [0.15, 0.2) is 90.3 Å². The fourth-order valence-corrected chi connectivity index (χ4v) is 3.86. The number of hydrogen-bond acceptors (Lipinski definition) is 4. The molecule has 5 heteroatoms. The number of rotatable bonds is 8. The molecule has 0 saturated heterocycles. The number of aromatic nitrogens is 1. The number of ether oxygens (including phenoxy) is 1. The average Bonchev–Trinajstić information content (AvgIpc) is 3.31. The number of nitrogens with zero attached hydrogens (tertiary/aromatic N) is 1. The molecule has 0 unspecified atom stereocenters. The number of thiazole rings is 1. The maximum atomic E-state index is 12.3. The highest BCUT2D eigenvalue weighted by atomic mass is 32.1. The Morgan fingerprint density at radius 2 is 1.62 bits per heavy atom. The third-order valence-electron chi connectivity index (χ3n) is 4.80. The molecule has 4 aromatic rings. The molecule has 160 valence electrons. The number of nitrogens with one attached hydrogen (secondary N) is 1. The van der Waals surface area contributed by atoms with Crippen LogP contribution in [0.2, 0.25) is 0 Å². The van der Waals surface area contributed by atoms with Crippen LogP contribution in [0, 0.1) is 0 Å². The highest BCUT2D eigenvalue weighted by molar-refractivity contribution is 7.14. The van der Waals surface area contributed by atoms with Crippen molar-refractivity contribution >= 4 is 28.5 Å². The Balaban J connectivity index is 1.35. The van der Waals surface area contributed by atoms with Gasteiger partial charge < -0.3 is 4.74 Å². The van der Waals surface area contributed by atoms with Crippen molar-refractivity contribution in [1.29, 1.82) is 0 Å². The highest BCUT2D eigenvalue weighted by Gasteiger charge is 2.07. The zero-order valence-corrected chi connectivity index (χ0v) is 18.6. The second kappa shape index (κ2) is 10.6. The van der Waals surface area contributed by atoms with Crippen LogP contribution in [0.4, 0.5) is 5.13 Å². The van der Waals surface area contributed by atoms with Crippen molar-refractivity contribution in [3.63, 3.8) is 0 Å². The minimum atomic E-state index is -0.211. The molecule has 0 aliphatic heterocycles. The molecule has 0 spiro atoms. The van der Waals surface area contributed by atoms with Gasteiger partial charge in [0.05, 0.1) is 12.3 Å². The lowest BCUT2D eigenvalue weighted by molar-refractivity contribution is -0.111. The Morgan fingerprint density at radius 3 is 2.34 bits per heavy atom. The second-order valence-corrected chi connectivity index (χ2v) is 8.08. The van der Waals surface area contributed by atoms with E-state index in [2.05, 4.69) is 53.6 Å². The Hall–Kier alpha value is -3.70. The van der Waals surface area contributed by atoms with Gasteiger partial charge in [-0.1, -0.05) is 73.7 Å². The van der Waals surface area contributed by atoms with Crippen LogP contribution in [0.3, 0.4) is 0 Å². The zero-order chi connectivity index (χ0) is 22.2. The van der Waals surface area contributed by atoms with Gasteiger partial charge >= 0.3 is 0 Å². The van der Waals surface area contributed by atoms with E-state index < -0.39 is 0 Å². The first-order valence-electron chi connectivity index (χ1n) is 10.5. The van der Waals surface area contributed by atoms with Gasteiger partial charge in [0, 0.05) is 17.0 Å². The molecular formula is C27H24N2O2S. The van der Waals surface area contributed by atoms with E-state index in [4.69, 9.17) is 4.74 Å². The van der Waals surface area contributed by atoms with Gasteiger partial charge in [-0.3, -0.25) is 10.1 Å². The first-order chi connectivity index (χ1) is 15.7. The van der Waals surface area contributed by atoms with Gasteiger partial charge in [0.15, 0.2) is 5.13 Å². The summed E-state index contributed by atoms with van der Waals surface area (Å²) >= 11 is 1.41. The predicted octanol–water partition coefficient (Wildman–Crippen LogP) is 6.92. The highest BCUT2D eigenvalue weighted by Crippen LogP contribution is 2.27. The van der Waals surface area contributed by atoms with Crippen LogP contribution in [0.1, 0.15) is 18.9 Å². The van der Waals surface area contributed by atoms with E-state index in [9.17, 15) is 4.79 Å². The lowest BCUT2D eigenvalue weighted by Gasteiger charge is -2.04. The van der Waals surface area contributed by atoms with Gasteiger partial charge in [0.1, 0.15) is 5.75 Å². The Kier molecular flexibility index (Phi) is 7.10. The van der Waals surface area contributed by atoms with E-state index >= 15 is 0 Å². The first-order valence-corrected chi connectivity index (χ1v) is 11.4. The maximum absolute atomic E-state index is 12.3. The Bertz CT molecular complexity index is 1180. The molecule has 1 aromatic heterocycles. The molecule has 1 N–H and O–H groups in total. The zero-order valence-electron chi connectivity index (χ0n) is 17.8. The van der Waals surface area contributed by atoms with Crippen LogP contribution in [0.25, 0.3) is 28.5 Å². The molecule has 1 amide bonds. The molecular weight excluding hydrogens is 416 g/mol. The van der Waals surface area contributed by atoms with Crippen molar-refractivity contribution in [3.8, 4) is 28.1 Å². The summed E-state index contributed by atoms with van der Waals surface area (Å²) in [5.74, 6) is 0.622. The van der Waals surface area contributed by atoms with Gasteiger partial charge in [-0.2, -0.15) is 0 Å². The number of amides is 1. The third-order valence-corrected chi connectivity index (χ3v) is 5.56. The molecule has 32 heavy (non-hydrogen) atoms. The summed E-state index contributed by atoms with van der Waals surface area (Å²) in [6.07, 6.45) is 4.26. The number of carbonyl (C=O) groups is 1. The lowest BCUT2D eigenvalue weighted by atomic mass is 10.0. The van der Waals surface area contributed by atoms with Crippen LogP contribution in [0.5, 0.6) is 5.75 Å². The van der Waals surface area contributed by atoms with E-state index in [1.54, 1.807) is 6.08 Å². The molecule has 0 saturated carbocycles. The standard InChI is InChI=1S/C27H24N2O2S/c1-2-18-31-24-15-8-20(9-16-24)10-17-26(30)29-27-28-25(19-32-27)23-13-11-22(12-14-23)21-6-4-3-5-7-21/h3-17,19H,2,18H2,1H3,(H,28,29,30)/b17-10+. The molecule has 0 aliphatic rings. The average molecular weight is 441 g/mol. The lowest BCUT2D eigenvalue weighted by Crippen LogP contribution is -2.07. The number of anilines is 1. The molecule has 0 aliphatic carbocycles. The third kappa shape index (κ3) is 5.71. The fraction of sp³-hybridized carbons (Fsp3) is 0.111. The minimum Gasteiger partial charge on any atom is -0.494 e. The molecule has 4 rings (SSSR count). The van der Waals surface area contributed by atoms with Crippen LogP contribution in [-0.4, -0.2) is 17.5 Å². The normalized spacial score (nSPS) is 10.9. The molecule has 0 radical (unpaired) electrons. The predicted molar refractivity (Wildman–Crippen MR) is 133 cm³/mol. The smallest absolute Gasteiger partial charge is 0.250 e. The Morgan fingerprint density at radius 1 is 0.938 bits per heavy atom. The fourth-order valence-electron chi connectivity index (χ4n) is 3.14. The van der Waals surface area contributed by atoms with E-state index in [1.807, 2.05) is 47.8 Å². The number of carbonyl (C=O) groups excluding carboxylic acids is 1. The summed E-state index contributed by atoms with van der Waals surface area (Å²) in [7, 11) is 0. The van der Waals surface area contributed by atoms with Gasteiger partial charge in [0.2, 0.25) is 5.91 Å². The van der Waals surface area contributed by atoms with Crippen molar-refractivity contribution in [3.05, 3.63) is 95.9 Å². The van der Waals surface area contributed by atoms with E-state index in [-0.39, 0.29) is 5.91 Å². The maximum Gasteiger partial charge on any atom is 0.250 e. The Labute approximate surface area is 192 Å². The summed E-state index contributed by atoms with van der Waals surface area (Å²) in [6.45, 7) is 2.77. The van der Waals surface area contributed by atoms with Gasteiger partial charge in [-0.05, 0) is 41.3 Å². The second-order valence-electron chi connectivity index (χ2n) is 7.22. The SMILES string of the molecule is CCCOc1ccc(/C=C/C(=O)Nc2nc(-c3ccc(-c4ccccc4)cc3)cs2)cc1. The van der Waals surface area contributed by atoms with E-state index in [0.29, 0.717) is 11.7 Å². The first kappa shape index (κ1) is 21.5. The van der Waals surface area contributed by atoms with Crippen LogP contribution in [-0.2, 0) is 4.79 Å². The monoisotopic (exact) mass is 440 g/mol. The largest absolute Gasteiger partial charge is 0.494 e. The summed E-state index contributed by atoms with van der Waals surface area (Å²) in [6, 6.07) is 26.2. The summed E-state index contributed by atoms with van der Waals surface area (Å²) < 4.78 is 5.57. The van der Waals surface area contributed by atoms with Gasteiger partial charge in [0.25, 0.3) is 0 Å². The van der Waals surface area contributed by atoms with E-state index in [1.165, 1.54) is 23.0 Å². The molecule has 0 bridgehead atoms. The van der Waals surface area contributed by atoms with Gasteiger partial charge in [-0.15, -0.1) is 11.3 Å². The minimum absolute atomic E-state index is 0.211. The van der Waals surface area contributed by atoms with Crippen LogP contribution >= 0.6 is 11.3 Å². The molecule has 4 nitrogen and oxygen atoms in total. The summed E-state index contributed by atoms with van der Waals surface area (Å²) in [4.78, 5) is 16.8. The van der Waals surface area contributed by atoms with Crippen molar-refractivity contribution in [2.75, 3.05) is 11.9 Å². The molecule has 3 aromatic carbocycles. The van der Waals surface area contributed by atoms with Crippen molar-refractivity contribution in [1.82, 2.24) is 4.98 Å². The quantitative estimate of drug-likeness (QED) is 0.303. The summed E-state index contributed by atoms with van der Waals surface area (Å²) in [5, 5.41) is 5.36. The van der Waals surface area contributed by atoms with Gasteiger partial charge in [-0.25, -0.2) is 4.98 Å². The molecule has 1 heterocycles. The van der Waals surface area contributed by atoms with E-state index in [0.717, 1.165) is 34.6 Å². The van der Waals surface area contributed by atoms with Crippen LogP contribution < -0.4 is 10.1 Å². The summed E-state index contributed by atoms with van der Waals surface area (Å²) in [5.41, 5.74) is 5.13. The number of hydrogen-bond donors (Lipinski definition) is 1. The molecule has 0 fully saturated rings.